The van der Waals surface area contributed by atoms with Crippen LogP contribution in [0.25, 0.3) is 6.08 Å². The van der Waals surface area contributed by atoms with Crippen LogP contribution in [0.4, 0.5) is 10.1 Å². The molecule has 2 nitrogen and oxygen atoms in total. The Balaban J connectivity index is 2.11. The Morgan fingerprint density at radius 3 is 2.76 bits per heavy atom. The van der Waals surface area contributed by atoms with Crippen LogP contribution in [0.5, 0.6) is 0 Å². The summed E-state index contributed by atoms with van der Waals surface area (Å²) < 4.78 is 14.3. The standard InChI is InChI=1S/C16H12BrClFNO/c1-10-2-6-15(13(18)8-10)20-16(21)7-3-11-9-12(17)4-5-14(11)19/h2-9H,1H3,(H,20,21)/b7-3+. The van der Waals surface area contributed by atoms with Crippen LogP contribution in [0.3, 0.4) is 0 Å². The van der Waals surface area contributed by atoms with Gasteiger partial charge in [0, 0.05) is 16.1 Å². The van der Waals surface area contributed by atoms with Gasteiger partial charge in [0.05, 0.1) is 10.7 Å². The van der Waals surface area contributed by atoms with E-state index < -0.39 is 5.82 Å². The first-order valence-corrected chi connectivity index (χ1v) is 7.33. The van der Waals surface area contributed by atoms with E-state index in [-0.39, 0.29) is 5.91 Å². The summed E-state index contributed by atoms with van der Waals surface area (Å²) in [6, 6.07) is 9.85. The smallest absolute Gasteiger partial charge is 0.248 e. The van der Waals surface area contributed by atoms with E-state index in [1.165, 1.54) is 18.2 Å². The Bertz CT molecular complexity index is 715. The van der Waals surface area contributed by atoms with Gasteiger partial charge in [-0.15, -0.1) is 0 Å². The minimum absolute atomic E-state index is 0.328. The Hall–Kier alpha value is -1.65. The molecular weight excluding hydrogens is 357 g/mol. The summed E-state index contributed by atoms with van der Waals surface area (Å²) in [5.74, 6) is -0.768. The van der Waals surface area contributed by atoms with E-state index in [1.54, 1.807) is 24.3 Å². The summed E-state index contributed by atoms with van der Waals surface area (Å²) in [6.45, 7) is 1.91. The molecule has 0 fully saturated rings. The number of benzene rings is 2. The van der Waals surface area contributed by atoms with E-state index in [2.05, 4.69) is 21.2 Å². The van der Waals surface area contributed by atoms with E-state index in [0.717, 1.165) is 10.0 Å². The molecular formula is C16H12BrClFNO. The first kappa shape index (κ1) is 15.7. The first-order valence-electron chi connectivity index (χ1n) is 6.16. The van der Waals surface area contributed by atoms with E-state index in [9.17, 15) is 9.18 Å². The van der Waals surface area contributed by atoms with E-state index >= 15 is 0 Å². The predicted octanol–water partition coefficient (Wildman–Crippen LogP) is 5.20. The molecule has 2 rings (SSSR count). The molecule has 1 amide bonds. The second-order valence-corrected chi connectivity index (χ2v) is 5.79. The minimum Gasteiger partial charge on any atom is -0.321 e. The normalized spacial score (nSPS) is 10.9. The third-order valence-corrected chi connectivity index (χ3v) is 3.56. The number of hydrogen-bond acceptors (Lipinski definition) is 1. The number of carbonyl (C=O) groups excluding carboxylic acids is 1. The number of carbonyl (C=O) groups is 1. The van der Waals surface area contributed by atoms with Gasteiger partial charge in [0.2, 0.25) is 5.91 Å². The maximum atomic E-state index is 13.5. The number of amides is 1. The highest BCUT2D eigenvalue weighted by atomic mass is 79.9. The SMILES string of the molecule is Cc1ccc(NC(=O)/C=C/c2cc(Br)ccc2F)c(Cl)c1. The van der Waals surface area contributed by atoms with Gasteiger partial charge in [-0.3, -0.25) is 4.79 Å². The number of rotatable bonds is 3. The zero-order valence-electron chi connectivity index (χ0n) is 11.2. The molecule has 5 heteroatoms. The largest absolute Gasteiger partial charge is 0.321 e. The lowest BCUT2D eigenvalue weighted by molar-refractivity contribution is -0.111. The van der Waals surface area contributed by atoms with Crippen molar-refractivity contribution in [2.75, 3.05) is 5.32 Å². The fourth-order valence-corrected chi connectivity index (χ4v) is 2.36. The Morgan fingerprint density at radius 2 is 2.05 bits per heavy atom. The van der Waals surface area contributed by atoms with Crippen LogP contribution in [-0.2, 0) is 4.79 Å². The molecule has 0 aliphatic rings. The minimum atomic E-state index is -0.393. The molecule has 0 saturated carbocycles. The van der Waals surface area contributed by atoms with Gasteiger partial charge in [0.25, 0.3) is 0 Å². The lowest BCUT2D eigenvalue weighted by atomic mass is 10.2. The zero-order valence-corrected chi connectivity index (χ0v) is 13.5. The number of halogens is 3. The molecule has 0 aliphatic carbocycles. The molecule has 2 aromatic rings. The van der Waals surface area contributed by atoms with E-state index in [4.69, 9.17) is 11.6 Å². The van der Waals surface area contributed by atoms with Gasteiger partial charge >= 0.3 is 0 Å². The molecule has 1 N–H and O–H groups in total. The van der Waals surface area contributed by atoms with Crippen LogP contribution in [-0.4, -0.2) is 5.91 Å². The van der Waals surface area contributed by atoms with Crippen molar-refractivity contribution in [2.24, 2.45) is 0 Å². The van der Waals surface area contributed by atoms with Crippen LogP contribution in [0.15, 0.2) is 46.9 Å². The maximum absolute atomic E-state index is 13.5. The van der Waals surface area contributed by atoms with Crippen LogP contribution in [0.2, 0.25) is 5.02 Å². The van der Waals surface area contributed by atoms with Crippen LogP contribution in [0.1, 0.15) is 11.1 Å². The molecule has 0 heterocycles. The monoisotopic (exact) mass is 367 g/mol. The summed E-state index contributed by atoms with van der Waals surface area (Å²) in [7, 11) is 0. The van der Waals surface area contributed by atoms with Crippen LogP contribution >= 0.6 is 27.5 Å². The number of aryl methyl sites for hydroxylation is 1. The number of anilines is 1. The summed E-state index contributed by atoms with van der Waals surface area (Å²) in [6.07, 6.45) is 2.68. The maximum Gasteiger partial charge on any atom is 0.248 e. The van der Waals surface area contributed by atoms with Crippen molar-refractivity contribution in [1.82, 2.24) is 0 Å². The van der Waals surface area contributed by atoms with Gasteiger partial charge in [0.1, 0.15) is 5.82 Å². The average molecular weight is 369 g/mol. The molecule has 0 aliphatic heterocycles. The fourth-order valence-electron chi connectivity index (χ4n) is 1.70. The van der Waals surface area contributed by atoms with Gasteiger partial charge < -0.3 is 5.32 Å². The molecule has 0 aromatic heterocycles. The molecule has 0 unspecified atom stereocenters. The average Bonchev–Trinajstić information content (AvgIpc) is 2.43. The lowest BCUT2D eigenvalue weighted by Gasteiger charge is -2.05. The van der Waals surface area contributed by atoms with Crippen molar-refractivity contribution in [3.05, 3.63) is 68.9 Å². The Labute approximate surface area is 135 Å². The summed E-state index contributed by atoms with van der Waals surface area (Å²) >= 11 is 9.29. The fraction of sp³-hybridized carbons (Fsp3) is 0.0625. The summed E-state index contributed by atoms with van der Waals surface area (Å²) in [4.78, 5) is 11.8. The molecule has 0 atom stereocenters. The second-order valence-electron chi connectivity index (χ2n) is 4.47. The lowest BCUT2D eigenvalue weighted by Crippen LogP contribution is -2.08. The highest BCUT2D eigenvalue weighted by Crippen LogP contribution is 2.23. The van der Waals surface area contributed by atoms with Gasteiger partial charge in [-0.1, -0.05) is 33.6 Å². The molecule has 0 radical (unpaired) electrons. The summed E-state index contributed by atoms with van der Waals surface area (Å²) in [5, 5.41) is 3.11. The molecule has 108 valence electrons. The number of nitrogens with one attached hydrogen (secondary N) is 1. The molecule has 0 bridgehead atoms. The Morgan fingerprint density at radius 1 is 1.29 bits per heavy atom. The van der Waals surface area contributed by atoms with Gasteiger partial charge in [-0.25, -0.2) is 4.39 Å². The third kappa shape index (κ3) is 4.41. The van der Waals surface area contributed by atoms with Crippen LogP contribution in [0, 0.1) is 12.7 Å². The quantitative estimate of drug-likeness (QED) is 0.741. The molecule has 21 heavy (non-hydrogen) atoms. The second kappa shape index (κ2) is 6.87. The van der Waals surface area contributed by atoms with E-state index in [1.807, 2.05) is 13.0 Å². The van der Waals surface area contributed by atoms with Crippen molar-refractivity contribution >= 4 is 45.2 Å². The van der Waals surface area contributed by atoms with Gasteiger partial charge in [-0.2, -0.15) is 0 Å². The van der Waals surface area contributed by atoms with Crippen molar-refractivity contribution in [3.8, 4) is 0 Å². The molecule has 0 spiro atoms. The van der Waals surface area contributed by atoms with E-state index in [0.29, 0.717) is 16.3 Å². The highest BCUT2D eigenvalue weighted by Gasteiger charge is 2.04. The predicted molar refractivity (Wildman–Crippen MR) is 88.0 cm³/mol. The third-order valence-electron chi connectivity index (χ3n) is 2.75. The zero-order chi connectivity index (χ0) is 15.4. The molecule has 2 aromatic carbocycles. The van der Waals surface area contributed by atoms with Crippen molar-refractivity contribution in [1.29, 1.82) is 0 Å². The van der Waals surface area contributed by atoms with Gasteiger partial charge in [0.15, 0.2) is 0 Å². The van der Waals surface area contributed by atoms with Gasteiger partial charge in [-0.05, 0) is 48.9 Å². The number of hydrogen-bond donors (Lipinski definition) is 1. The highest BCUT2D eigenvalue weighted by molar-refractivity contribution is 9.10. The summed E-state index contributed by atoms with van der Waals surface area (Å²) in [5.41, 5.74) is 1.85. The van der Waals surface area contributed by atoms with Crippen molar-refractivity contribution in [3.63, 3.8) is 0 Å². The Kier molecular flexibility index (Phi) is 5.15. The first-order chi connectivity index (χ1) is 9.95. The molecule has 0 saturated heterocycles. The van der Waals surface area contributed by atoms with Crippen LogP contribution < -0.4 is 5.32 Å². The van der Waals surface area contributed by atoms with Crippen molar-refractivity contribution < 1.29 is 9.18 Å². The topological polar surface area (TPSA) is 29.1 Å². The van der Waals surface area contributed by atoms with Crippen molar-refractivity contribution in [2.45, 2.75) is 6.92 Å².